The minimum Gasteiger partial charge on any atom is -0.394 e. The van der Waals surface area contributed by atoms with Crippen molar-refractivity contribution in [3.05, 3.63) is 35.9 Å². The van der Waals surface area contributed by atoms with Gasteiger partial charge in [-0.1, -0.05) is 44.2 Å². The number of hydrogen-bond donors (Lipinski definition) is 2. The number of benzene rings is 1. The Balaban J connectivity index is 2.08. The van der Waals surface area contributed by atoms with Crippen LogP contribution in [-0.4, -0.2) is 37.0 Å². The molecule has 0 aliphatic carbocycles. The molecule has 0 bridgehead atoms. The van der Waals surface area contributed by atoms with Gasteiger partial charge < -0.3 is 15.2 Å². The molecule has 0 saturated heterocycles. The molecule has 3 heteroatoms. The van der Waals surface area contributed by atoms with E-state index in [0.717, 1.165) is 51.9 Å². The van der Waals surface area contributed by atoms with E-state index in [1.165, 1.54) is 5.56 Å². The Morgan fingerprint density at radius 3 is 2.43 bits per heavy atom. The largest absolute Gasteiger partial charge is 0.394 e. The Morgan fingerprint density at radius 2 is 1.81 bits per heavy atom. The van der Waals surface area contributed by atoms with Crippen molar-refractivity contribution in [2.45, 2.75) is 51.5 Å². The second kappa shape index (κ2) is 10.8. The molecular formula is C18H31NO2. The molecule has 0 amide bonds. The van der Waals surface area contributed by atoms with Crippen LogP contribution < -0.4 is 5.32 Å². The predicted octanol–water partition coefficient (Wildman–Crippen LogP) is 3.17. The van der Waals surface area contributed by atoms with Crippen LogP contribution in [0, 0.1) is 0 Å². The molecular weight excluding hydrogens is 262 g/mol. The van der Waals surface area contributed by atoms with Gasteiger partial charge in [0.15, 0.2) is 0 Å². The van der Waals surface area contributed by atoms with Crippen molar-refractivity contribution in [1.82, 2.24) is 5.32 Å². The molecule has 0 spiro atoms. The summed E-state index contributed by atoms with van der Waals surface area (Å²) in [6, 6.07) is 10.5. The standard InChI is InChI=1S/C18H31NO2/c1-3-18(16-20,19-4-2)13-9-15-21-14-8-12-17-10-6-5-7-11-17/h5-7,10-11,19-20H,3-4,8-9,12-16H2,1-2H3. The highest BCUT2D eigenvalue weighted by Crippen LogP contribution is 2.16. The van der Waals surface area contributed by atoms with Crippen LogP contribution >= 0.6 is 0 Å². The van der Waals surface area contributed by atoms with Gasteiger partial charge in [-0.3, -0.25) is 0 Å². The van der Waals surface area contributed by atoms with Gasteiger partial charge in [-0.05, 0) is 44.2 Å². The number of aliphatic hydroxyl groups excluding tert-OH is 1. The van der Waals surface area contributed by atoms with Crippen LogP contribution in [0.25, 0.3) is 0 Å². The number of hydrogen-bond acceptors (Lipinski definition) is 3. The Hall–Kier alpha value is -0.900. The zero-order valence-electron chi connectivity index (χ0n) is 13.6. The summed E-state index contributed by atoms with van der Waals surface area (Å²) in [5, 5.41) is 13.0. The number of likely N-dealkylation sites (N-methyl/N-ethyl adjacent to an activating group) is 1. The third kappa shape index (κ3) is 7.07. The second-order valence-corrected chi connectivity index (χ2v) is 5.63. The van der Waals surface area contributed by atoms with Crippen LogP contribution in [0.1, 0.15) is 45.1 Å². The molecule has 120 valence electrons. The Bertz CT molecular complexity index is 349. The molecule has 2 N–H and O–H groups in total. The molecule has 1 unspecified atom stereocenters. The maximum atomic E-state index is 9.57. The highest BCUT2D eigenvalue weighted by molar-refractivity contribution is 5.14. The summed E-state index contributed by atoms with van der Waals surface area (Å²) < 4.78 is 5.71. The van der Waals surface area contributed by atoms with Gasteiger partial charge in [0.25, 0.3) is 0 Å². The topological polar surface area (TPSA) is 41.5 Å². The van der Waals surface area contributed by atoms with Crippen LogP contribution in [0.15, 0.2) is 30.3 Å². The fraction of sp³-hybridized carbons (Fsp3) is 0.667. The number of ether oxygens (including phenoxy) is 1. The third-order valence-electron chi connectivity index (χ3n) is 4.07. The highest BCUT2D eigenvalue weighted by atomic mass is 16.5. The number of aliphatic hydroxyl groups is 1. The van der Waals surface area contributed by atoms with Gasteiger partial charge in [0, 0.05) is 18.8 Å². The van der Waals surface area contributed by atoms with Crippen molar-refractivity contribution in [3.63, 3.8) is 0 Å². The molecule has 1 rings (SSSR count). The van der Waals surface area contributed by atoms with Gasteiger partial charge in [0.1, 0.15) is 0 Å². The summed E-state index contributed by atoms with van der Waals surface area (Å²) in [6.07, 6.45) is 5.05. The molecule has 1 aromatic rings. The van der Waals surface area contributed by atoms with Crippen molar-refractivity contribution in [2.75, 3.05) is 26.4 Å². The zero-order chi connectivity index (χ0) is 15.4. The van der Waals surface area contributed by atoms with Crippen molar-refractivity contribution < 1.29 is 9.84 Å². The number of rotatable bonds is 12. The molecule has 0 radical (unpaired) electrons. The quantitative estimate of drug-likeness (QED) is 0.582. The second-order valence-electron chi connectivity index (χ2n) is 5.63. The SMILES string of the molecule is CCNC(CC)(CO)CCCOCCCc1ccccc1. The van der Waals surface area contributed by atoms with Crippen LogP contribution in [-0.2, 0) is 11.2 Å². The van der Waals surface area contributed by atoms with E-state index in [1.807, 2.05) is 6.07 Å². The highest BCUT2D eigenvalue weighted by Gasteiger charge is 2.25. The summed E-state index contributed by atoms with van der Waals surface area (Å²) >= 11 is 0. The monoisotopic (exact) mass is 293 g/mol. The Kier molecular flexibility index (Phi) is 9.31. The summed E-state index contributed by atoms with van der Waals surface area (Å²) in [6.45, 7) is 6.90. The minimum atomic E-state index is -0.123. The number of nitrogens with one attached hydrogen (secondary N) is 1. The first-order valence-electron chi connectivity index (χ1n) is 8.24. The fourth-order valence-corrected chi connectivity index (χ4v) is 2.65. The van der Waals surface area contributed by atoms with Gasteiger partial charge in [0.2, 0.25) is 0 Å². The lowest BCUT2D eigenvalue weighted by molar-refractivity contribution is 0.102. The lowest BCUT2D eigenvalue weighted by Crippen LogP contribution is -2.48. The van der Waals surface area contributed by atoms with E-state index in [1.54, 1.807) is 0 Å². The van der Waals surface area contributed by atoms with Crippen molar-refractivity contribution in [3.8, 4) is 0 Å². The number of aryl methyl sites for hydroxylation is 1. The van der Waals surface area contributed by atoms with Crippen LogP contribution in [0.2, 0.25) is 0 Å². The first-order valence-corrected chi connectivity index (χ1v) is 8.24. The van der Waals surface area contributed by atoms with Gasteiger partial charge >= 0.3 is 0 Å². The summed E-state index contributed by atoms with van der Waals surface area (Å²) in [5.74, 6) is 0. The molecule has 0 aromatic heterocycles. The minimum absolute atomic E-state index is 0.123. The van der Waals surface area contributed by atoms with Crippen LogP contribution in [0.5, 0.6) is 0 Å². The van der Waals surface area contributed by atoms with E-state index in [0.29, 0.717) is 0 Å². The maximum absolute atomic E-state index is 9.57. The molecule has 0 aliphatic rings. The lowest BCUT2D eigenvalue weighted by atomic mass is 9.91. The van der Waals surface area contributed by atoms with E-state index in [2.05, 4.69) is 43.4 Å². The van der Waals surface area contributed by atoms with Gasteiger partial charge in [-0.25, -0.2) is 0 Å². The first kappa shape index (κ1) is 18.1. The van der Waals surface area contributed by atoms with E-state index < -0.39 is 0 Å². The predicted molar refractivity (Wildman–Crippen MR) is 88.6 cm³/mol. The summed E-state index contributed by atoms with van der Waals surface area (Å²) in [7, 11) is 0. The molecule has 1 aromatic carbocycles. The molecule has 21 heavy (non-hydrogen) atoms. The Labute approximate surface area is 129 Å². The summed E-state index contributed by atoms with van der Waals surface area (Å²) in [4.78, 5) is 0. The molecule has 0 aliphatic heterocycles. The van der Waals surface area contributed by atoms with E-state index in [-0.39, 0.29) is 12.1 Å². The average Bonchev–Trinajstić information content (AvgIpc) is 2.54. The van der Waals surface area contributed by atoms with Crippen LogP contribution in [0.4, 0.5) is 0 Å². The maximum Gasteiger partial charge on any atom is 0.0613 e. The van der Waals surface area contributed by atoms with Crippen molar-refractivity contribution in [2.24, 2.45) is 0 Å². The smallest absolute Gasteiger partial charge is 0.0613 e. The van der Waals surface area contributed by atoms with E-state index in [4.69, 9.17) is 4.74 Å². The summed E-state index contributed by atoms with van der Waals surface area (Å²) in [5.41, 5.74) is 1.25. The lowest BCUT2D eigenvalue weighted by Gasteiger charge is -2.31. The van der Waals surface area contributed by atoms with E-state index in [9.17, 15) is 5.11 Å². The molecule has 0 heterocycles. The van der Waals surface area contributed by atoms with Crippen molar-refractivity contribution in [1.29, 1.82) is 0 Å². The molecule has 0 saturated carbocycles. The molecule has 3 nitrogen and oxygen atoms in total. The third-order valence-corrected chi connectivity index (χ3v) is 4.07. The van der Waals surface area contributed by atoms with Gasteiger partial charge in [-0.2, -0.15) is 0 Å². The van der Waals surface area contributed by atoms with Gasteiger partial charge in [-0.15, -0.1) is 0 Å². The van der Waals surface area contributed by atoms with Crippen LogP contribution in [0.3, 0.4) is 0 Å². The first-order chi connectivity index (χ1) is 10.3. The molecule has 1 atom stereocenters. The van der Waals surface area contributed by atoms with Crippen molar-refractivity contribution >= 4 is 0 Å². The van der Waals surface area contributed by atoms with E-state index >= 15 is 0 Å². The fourth-order valence-electron chi connectivity index (χ4n) is 2.65. The van der Waals surface area contributed by atoms with Gasteiger partial charge in [0.05, 0.1) is 6.61 Å². The Morgan fingerprint density at radius 1 is 1.10 bits per heavy atom. The zero-order valence-corrected chi connectivity index (χ0v) is 13.6. The molecule has 0 fully saturated rings. The average molecular weight is 293 g/mol. The normalized spacial score (nSPS) is 14.0.